The molecule has 0 aromatic carbocycles. The van der Waals surface area contributed by atoms with Crippen molar-refractivity contribution in [2.45, 2.75) is 19.4 Å². The second kappa shape index (κ2) is 6.33. The lowest BCUT2D eigenvalue weighted by Crippen LogP contribution is -2.37. The molecule has 1 saturated heterocycles. The topological polar surface area (TPSA) is 85.2 Å². The highest BCUT2D eigenvalue weighted by Crippen LogP contribution is 2.12. The van der Waals surface area contributed by atoms with Crippen LogP contribution in [0.25, 0.3) is 0 Å². The van der Waals surface area contributed by atoms with E-state index in [1.165, 1.54) is 11.8 Å². The highest BCUT2D eigenvalue weighted by molar-refractivity contribution is 5.91. The van der Waals surface area contributed by atoms with Crippen LogP contribution in [-0.2, 0) is 20.9 Å². The fraction of sp³-hybridized carbons (Fsp3) is 0.583. The van der Waals surface area contributed by atoms with Crippen molar-refractivity contribution in [3.8, 4) is 0 Å². The Morgan fingerprint density at radius 2 is 2.47 bits per heavy atom. The number of anilines is 1. The fourth-order valence-corrected chi connectivity index (χ4v) is 2.02. The average Bonchev–Trinajstić information content (AvgIpc) is 2.86. The summed E-state index contributed by atoms with van der Waals surface area (Å²) in [5, 5.41) is 10.0. The summed E-state index contributed by atoms with van der Waals surface area (Å²) in [6.45, 7) is 1.71. The summed E-state index contributed by atoms with van der Waals surface area (Å²) in [7, 11) is 1.32. The lowest BCUT2D eigenvalue weighted by atomic mass is 9.99. The van der Waals surface area contributed by atoms with Gasteiger partial charge in [0.25, 0.3) is 0 Å². The van der Waals surface area contributed by atoms with E-state index in [1.54, 1.807) is 12.3 Å². The number of aromatic nitrogens is 2. The van der Waals surface area contributed by atoms with Gasteiger partial charge in [-0.3, -0.25) is 14.3 Å². The zero-order valence-corrected chi connectivity index (χ0v) is 10.9. The molecule has 2 N–H and O–H groups in total. The van der Waals surface area contributed by atoms with E-state index in [0.717, 1.165) is 19.4 Å². The smallest absolute Gasteiger partial charge is 0.327 e. The summed E-state index contributed by atoms with van der Waals surface area (Å²) >= 11 is 0. The molecule has 104 valence electrons. The second-order valence-electron chi connectivity index (χ2n) is 4.51. The molecule has 0 spiro atoms. The maximum atomic E-state index is 12.0. The first kappa shape index (κ1) is 13.5. The molecule has 1 amide bonds. The van der Waals surface area contributed by atoms with Crippen LogP contribution in [0, 0.1) is 5.92 Å². The first-order valence-electron chi connectivity index (χ1n) is 6.31. The van der Waals surface area contributed by atoms with Crippen LogP contribution >= 0.6 is 0 Å². The van der Waals surface area contributed by atoms with Crippen LogP contribution in [0.15, 0.2) is 12.3 Å². The van der Waals surface area contributed by atoms with Gasteiger partial charge in [0, 0.05) is 18.8 Å². The standard InChI is InChI=1S/C12H18N4O3/c1-19-11(17)8-16-6-4-10(15-16)14-12(18)9-3-2-5-13-7-9/h4,6,9,13H,2-3,5,7-8H2,1H3,(H,14,15,18). The molecule has 7 nitrogen and oxygen atoms in total. The Hall–Kier alpha value is -1.89. The number of nitrogens with zero attached hydrogens (tertiary/aromatic N) is 2. The quantitative estimate of drug-likeness (QED) is 0.749. The van der Waals surface area contributed by atoms with Crippen LogP contribution in [0.5, 0.6) is 0 Å². The number of piperidine rings is 1. The molecule has 1 aliphatic rings. The van der Waals surface area contributed by atoms with Gasteiger partial charge in [0.2, 0.25) is 5.91 Å². The minimum absolute atomic E-state index is 0.0143. The minimum atomic E-state index is -0.377. The lowest BCUT2D eigenvalue weighted by molar-refractivity contribution is -0.141. The molecule has 2 rings (SSSR count). The molecular weight excluding hydrogens is 248 g/mol. The predicted octanol–water partition coefficient (Wildman–Crippen LogP) is -0.00580. The van der Waals surface area contributed by atoms with Gasteiger partial charge in [-0.1, -0.05) is 0 Å². The largest absolute Gasteiger partial charge is 0.468 e. The van der Waals surface area contributed by atoms with E-state index in [1.807, 2.05) is 0 Å². The van der Waals surface area contributed by atoms with Crippen molar-refractivity contribution >= 4 is 17.7 Å². The Morgan fingerprint density at radius 1 is 1.63 bits per heavy atom. The van der Waals surface area contributed by atoms with Gasteiger partial charge in [-0.05, 0) is 19.4 Å². The highest BCUT2D eigenvalue weighted by atomic mass is 16.5. The van der Waals surface area contributed by atoms with E-state index >= 15 is 0 Å². The lowest BCUT2D eigenvalue weighted by Gasteiger charge is -2.21. The summed E-state index contributed by atoms with van der Waals surface area (Å²) < 4.78 is 5.98. The number of esters is 1. The summed E-state index contributed by atoms with van der Waals surface area (Å²) in [4.78, 5) is 23.0. The van der Waals surface area contributed by atoms with E-state index in [0.29, 0.717) is 12.4 Å². The Morgan fingerprint density at radius 3 is 3.16 bits per heavy atom. The normalized spacial score (nSPS) is 18.9. The first-order chi connectivity index (χ1) is 9.19. The van der Waals surface area contributed by atoms with Crippen molar-refractivity contribution in [1.82, 2.24) is 15.1 Å². The zero-order chi connectivity index (χ0) is 13.7. The number of rotatable bonds is 4. The molecule has 0 bridgehead atoms. The number of amides is 1. The van der Waals surface area contributed by atoms with Crippen LogP contribution in [0.3, 0.4) is 0 Å². The zero-order valence-electron chi connectivity index (χ0n) is 10.9. The molecule has 1 atom stereocenters. The summed E-state index contributed by atoms with van der Waals surface area (Å²) in [6, 6.07) is 1.66. The van der Waals surface area contributed by atoms with Gasteiger partial charge in [0.15, 0.2) is 5.82 Å². The predicted molar refractivity (Wildman–Crippen MR) is 68.5 cm³/mol. The third-order valence-corrected chi connectivity index (χ3v) is 3.08. The van der Waals surface area contributed by atoms with Gasteiger partial charge < -0.3 is 15.4 Å². The molecule has 19 heavy (non-hydrogen) atoms. The van der Waals surface area contributed by atoms with Crippen LogP contribution in [0.4, 0.5) is 5.82 Å². The van der Waals surface area contributed by atoms with Crippen LogP contribution in [0.1, 0.15) is 12.8 Å². The molecular formula is C12H18N4O3. The molecule has 1 unspecified atom stereocenters. The van der Waals surface area contributed by atoms with Gasteiger partial charge in [-0.15, -0.1) is 0 Å². The van der Waals surface area contributed by atoms with E-state index in [9.17, 15) is 9.59 Å². The molecule has 1 fully saturated rings. The SMILES string of the molecule is COC(=O)Cn1ccc(NC(=O)C2CCCNC2)n1. The third-order valence-electron chi connectivity index (χ3n) is 3.08. The third kappa shape index (κ3) is 3.78. The Bertz CT molecular complexity index is 452. The monoisotopic (exact) mass is 266 g/mol. The molecule has 2 heterocycles. The highest BCUT2D eigenvalue weighted by Gasteiger charge is 2.21. The summed E-state index contributed by atoms with van der Waals surface area (Å²) in [6.07, 6.45) is 3.53. The van der Waals surface area contributed by atoms with E-state index < -0.39 is 0 Å². The van der Waals surface area contributed by atoms with Crippen LogP contribution < -0.4 is 10.6 Å². The Balaban J connectivity index is 1.88. The van der Waals surface area contributed by atoms with Crippen LogP contribution in [-0.4, -0.2) is 41.9 Å². The molecule has 1 aliphatic heterocycles. The van der Waals surface area contributed by atoms with Crippen molar-refractivity contribution in [3.05, 3.63) is 12.3 Å². The number of ether oxygens (including phenoxy) is 1. The molecule has 7 heteroatoms. The number of methoxy groups -OCH3 is 1. The Labute approximate surface area is 111 Å². The van der Waals surface area contributed by atoms with Gasteiger partial charge >= 0.3 is 5.97 Å². The number of carbonyl (C=O) groups excluding carboxylic acids is 2. The number of hydrogen-bond acceptors (Lipinski definition) is 5. The van der Waals surface area contributed by atoms with Crippen LogP contribution in [0.2, 0.25) is 0 Å². The number of carbonyl (C=O) groups is 2. The fourth-order valence-electron chi connectivity index (χ4n) is 2.02. The first-order valence-corrected chi connectivity index (χ1v) is 6.31. The van der Waals surface area contributed by atoms with E-state index in [-0.39, 0.29) is 24.3 Å². The van der Waals surface area contributed by atoms with Crippen molar-refractivity contribution in [3.63, 3.8) is 0 Å². The van der Waals surface area contributed by atoms with Crippen molar-refractivity contribution in [2.75, 3.05) is 25.5 Å². The molecule has 1 aromatic rings. The molecule has 1 aromatic heterocycles. The number of hydrogen-bond donors (Lipinski definition) is 2. The van der Waals surface area contributed by atoms with Gasteiger partial charge in [0.05, 0.1) is 13.0 Å². The molecule has 0 aliphatic carbocycles. The van der Waals surface area contributed by atoms with Crippen molar-refractivity contribution in [1.29, 1.82) is 0 Å². The maximum Gasteiger partial charge on any atom is 0.327 e. The van der Waals surface area contributed by atoms with E-state index in [2.05, 4.69) is 20.5 Å². The van der Waals surface area contributed by atoms with Gasteiger partial charge in [-0.2, -0.15) is 5.10 Å². The van der Waals surface area contributed by atoms with Gasteiger partial charge in [0.1, 0.15) is 6.54 Å². The average molecular weight is 266 g/mol. The van der Waals surface area contributed by atoms with Crippen molar-refractivity contribution < 1.29 is 14.3 Å². The number of nitrogens with one attached hydrogen (secondary N) is 2. The van der Waals surface area contributed by atoms with Crippen molar-refractivity contribution in [2.24, 2.45) is 5.92 Å². The summed E-state index contributed by atoms with van der Waals surface area (Å²) in [5.74, 6) is 0.0342. The second-order valence-corrected chi connectivity index (χ2v) is 4.51. The summed E-state index contributed by atoms with van der Waals surface area (Å²) in [5.41, 5.74) is 0. The van der Waals surface area contributed by atoms with E-state index in [4.69, 9.17) is 0 Å². The maximum absolute atomic E-state index is 12.0. The van der Waals surface area contributed by atoms with Gasteiger partial charge in [-0.25, -0.2) is 0 Å². The molecule has 0 radical (unpaired) electrons. The Kier molecular flexibility index (Phi) is 4.51. The molecule has 0 saturated carbocycles. The minimum Gasteiger partial charge on any atom is -0.468 e.